The van der Waals surface area contributed by atoms with Gasteiger partial charge < -0.3 is 5.32 Å². The molecule has 0 bridgehead atoms. The standard InChI is InChI=1S/C7H13N5/c1-8-7(4-2-3-5-7)6-9-11-12-10-6/h8H,2-5H2,1H3,(H,9,10,11,12). The molecule has 0 unspecified atom stereocenters. The van der Waals surface area contributed by atoms with Crippen LogP contribution in [0, 0.1) is 0 Å². The first-order valence-corrected chi connectivity index (χ1v) is 4.30. The first-order valence-electron chi connectivity index (χ1n) is 4.30. The zero-order valence-corrected chi connectivity index (χ0v) is 7.17. The Balaban J connectivity index is 2.28. The predicted octanol–water partition coefficient (Wildman–Crippen LogP) is 0.188. The minimum absolute atomic E-state index is 0.0174. The molecule has 1 aliphatic carbocycles. The molecule has 2 rings (SSSR count). The lowest BCUT2D eigenvalue weighted by Crippen LogP contribution is -2.38. The number of rotatable bonds is 2. The monoisotopic (exact) mass is 167 g/mol. The van der Waals surface area contributed by atoms with Crippen LogP contribution < -0.4 is 5.32 Å². The molecule has 5 heteroatoms. The number of hydrogen-bond donors (Lipinski definition) is 2. The molecule has 0 atom stereocenters. The molecule has 1 fully saturated rings. The van der Waals surface area contributed by atoms with E-state index in [1.807, 2.05) is 7.05 Å². The van der Waals surface area contributed by atoms with Crippen LogP contribution >= 0.6 is 0 Å². The van der Waals surface area contributed by atoms with Crippen molar-refractivity contribution in [1.82, 2.24) is 25.9 Å². The molecular formula is C7H13N5. The molecule has 1 aliphatic rings. The zero-order chi connectivity index (χ0) is 8.44. The van der Waals surface area contributed by atoms with Crippen molar-refractivity contribution >= 4 is 0 Å². The molecular weight excluding hydrogens is 154 g/mol. The number of aromatic nitrogens is 4. The van der Waals surface area contributed by atoms with Crippen molar-refractivity contribution in [2.45, 2.75) is 31.2 Å². The highest BCUT2D eigenvalue weighted by atomic mass is 15.5. The van der Waals surface area contributed by atoms with Crippen LogP contribution in [0.1, 0.15) is 31.5 Å². The maximum Gasteiger partial charge on any atom is 0.168 e. The second kappa shape index (κ2) is 2.82. The van der Waals surface area contributed by atoms with Gasteiger partial charge >= 0.3 is 0 Å². The van der Waals surface area contributed by atoms with E-state index in [1.54, 1.807) is 0 Å². The molecule has 1 saturated carbocycles. The molecule has 1 heterocycles. The number of aromatic amines is 1. The van der Waals surface area contributed by atoms with E-state index < -0.39 is 0 Å². The fraction of sp³-hybridized carbons (Fsp3) is 0.857. The van der Waals surface area contributed by atoms with Gasteiger partial charge in [0, 0.05) is 0 Å². The van der Waals surface area contributed by atoms with E-state index in [4.69, 9.17) is 0 Å². The highest BCUT2D eigenvalue weighted by Gasteiger charge is 2.36. The Labute approximate surface area is 70.9 Å². The van der Waals surface area contributed by atoms with Crippen molar-refractivity contribution in [3.05, 3.63) is 5.82 Å². The molecule has 1 aromatic rings. The molecule has 0 saturated heterocycles. The van der Waals surface area contributed by atoms with Crippen LogP contribution in [0.3, 0.4) is 0 Å². The highest BCUT2D eigenvalue weighted by molar-refractivity contribution is 5.05. The maximum absolute atomic E-state index is 3.96. The van der Waals surface area contributed by atoms with E-state index >= 15 is 0 Å². The summed E-state index contributed by atoms with van der Waals surface area (Å²) in [6.07, 6.45) is 4.75. The normalized spacial score (nSPS) is 21.4. The van der Waals surface area contributed by atoms with Crippen molar-refractivity contribution in [3.8, 4) is 0 Å². The fourth-order valence-corrected chi connectivity index (χ4v) is 1.95. The van der Waals surface area contributed by atoms with Crippen LogP contribution in [0.2, 0.25) is 0 Å². The molecule has 66 valence electrons. The number of tetrazole rings is 1. The molecule has 0 radical (unpaired) electrons. The lowest BCUT2D eigenvalue weighted by molar-refractivity contribution is 0.350. The molecule has 0 aromatic carbocycles. The molecule has 0 spiro atoms. The van der Waals surface area contributed by atoms with Gasteiger partial charge in [-0.15, -0.1) is 5.10 Å². The van der Waals surface area contributed by atoms with Crippen molar-refractivity contribution in [2.24, 2.45) is 0 Å². The summed E-state index contributed by atoms with van der Waals surface area (Å²) in [6.45, 7) is 0. The van der Waals surface area contributed by atoms with E-state index in [-0.39, 0.29) is 5.54 Å². The van der Waals surface area contributed by atoms with Crippen LogP contribution in [0.15, 0.2) is 0 Å². The van der Waals surface area contributed by atoms with Gasteiger partial charge in [-0.1, -0.05) is 12.8 Å². The Morgan fingerprint density at radius 2 is 2.17 bits per heavy atom. The van der Waals surface area contributed by atoms with Crippen LogP contribution in [-0.4, -0.2) is 27.7 Å². The molecule has 12 heavy (non-hydrogen) atoms. The maximum atomic E-state index is 3.96. The number of nitrogens with one attached hydrogen (secondary N) is 2. The van der Waals surface area contributed by atoms with E-state index in [0.717, 1.165) is 18.7 Å². The van der Waals surface area contributed by atoms with Gasteiger partial charge in [0.05, 0.1) is 5.54 Å². The summed E-state index contributed by atoms with van der Waals surface area (Å²) in [5, 5.41) is 17.3. The number of nitrogens with zero attached hydrogens (tertiary/aromatic N) is 3. The molecule has 1 aromatic heterocycles. The minimum atomic E-state index is 0.0174. The lowest BCUT2D eigenvalue weighted by atomic mass is 9.97. The zero-order valence-electron chi connectivity index (χ0n) is 7.17. The average Bonchev–Trinajstić information content (AvgIpc) is 2.76. The van der Waals surface area contributed by atoms with Crippen LogP contribution in [0.5, 0.6) is 0 Å². The summed E-state index contributed by atoms with van der Waals surface area (Å²) in [5.74, 6) is 0.877. The number of H-pyrrole nitrogens is 1. The topological polar surface area (TPSA) is 66.5 Å². The third-order valence-electron chi connectivity index (χ3n) is 2.73. The smallest absolute Gasteiger partial charge is 0.168 e. The lowest BCUT2D eigenvalue weighted by Gasteiger charge is -2.24. The Morgan fingerprint density at radius 3 is 2.67 bits per heavy atom. The van der Waals surface area contributed by atoms with E-state index in [9.17, 15) is 0 Å². The molecule has 2 N–H and O–H groups in total. The second-order valence-corrected chi connectivity index (χ2v) is 3.29. The van der Waals surface area contributed by atoms with Gasteiger partial charge in [-0.25, -0.2) is 5.10 Å². The minimum Gasteiger partial charge on any atom is -0.308 e. The van der Waals surface area contributed by atoms with Crippen molar-refractivity contribution in [1.29, 1.82) is 0 Å². The molecule has 0 amide bonds. The molecule has 0 aliphatic heterocycles. The van der Waals surface area contributed by atoms with E-state index in [2.05, 4.69) is 25.9 Å². The average molecular weight is 167 g/mol. The van der Waals surface area contributed by atoms with Crippen molar-refractivity contribution in [3.63, 3.8) is 0 Å². The third kappa shape index (κ3) is 1.01. The van der Waals surface area contributed by atoms with Gasteiger partial charge in [0.2, 0.25) is 0 Å². The summed E-state index contributed by atoms with van der Waals surface area (Å²) in [6, 6.07) is 0. The van der Waals surface area contributed by atoms with Crippen LogP contribution in [-0.2, 0) is 5.54 Å². The fourth-order valence-electron chi connectivity index (χ4n) is 1.95. The highest BCUT2D eigenvalue weighted by Crippen LogP contribution is 2.35. The predicted molar refractivity (Wildman–Crippen MR) is 43.4 cm³/mol. The first-order chi connectivity index (χ1) is 5.87. The summed E-state index contributed by atoms with van der Waals surface area (Å²) in [7, 11) is 1.97. The summed E-state index contributed by atoms with van der Waals surface area (Å²) < 4.78 is 0. The van der Waals surface area contributed by atoms with Crippen LogP contribution in [0.25, 0.3) is 0 Å². The Hall–Kier alpha value is -0.970. The Bertz CT molecular complexity index is 236. The van der Waals surface area contributed by atoms with E-state index in [0.29, 0.717) is 0 Å². The largest absolute Gasteiger partial charge is 0.308 e. The molecule has 5 nitrogen and oxygen atoms in total. The third-order valence-corrected chi connectivity index (χ3v) is 2.73. The quantitative estimate of drug-likeness (QED) is 0.659. The van der Waals surface area contributed by atoms with Gasteiger partial charge in [-0.3, -0.25) is 0 Å². The Morgan fingerprint density at radius 1 is 1.42 bits per heavy atom. The van der Waals surface area contributed by atoms with Gasteiger partial charge in [0.1, 0.15) is 0 Å². The van der Waals surface area contributed by atoms with Gasteiger partial charge in [-0.05, 0) is 30.3 Å². The summed E-state index contributed by atoms with van der Waals surface area (Å²) >= 11 is 0. The van der Waals surface area contributed by atoms with Crippen molar-refractivity contribution in [2.75, 3.05) is 7.05 Å². The van der Waals surface area contributed by atoms with E-state index in [1.165, 1.54) is 12.8 Å². The van der Waals surface area contributed by atoms with Gasteiger partial charge in [0.15, 0.2) is 5.82 Å². The number of hydrogen-bond acceptors (Lipinski definition) is 4. The van der Waals surface area contributed by atoms with Crippen molar-refractivity contribution < 1.29 is 0 Å². The summed E-state index contributed by atoms with van der Waals surface area (Å²) in [5.41, 5.74) is 0.0174. The second-order valence-electron chi connectivity index (χ2n) is 3.29. The van der Waals surface area contributed by atoms with Crippen LogP contribution in [0.4, 0.5) is 0 Å². The van der Waals surface area contributed by atoms with Gasteiger partial charge in [-0.2, -0.15) is 0 Å². The Kier molecular flexibility index (Phi) is 1.80. The van der Waals surface area contributed by atoms with Gasteiger partial charge in [0.25, 0.3) is 0 Å². The summed E-state index contributed by atoms with van der Waals surface area (Å²) in [4.78, 5) is 0. The SMILES string of the molecule is CNC1(c2nnn[nH]2)CCCC1. The first kappa shape index (κ1) is 7.67.